The van der Waals surface area contributed by atoms with Crippen molar-refractivity contribution in [1.82, 2.24) is 10.3 Å². The number of ether oxygens (including phenoxy) is 2. The van der Waals surface area contributed by atoms with Gasteiger partial charge in [-0.05, 0) is 31.5 Å². The number of methoxy groups -OCH3 is 1. The minimum atomic E-state index is 0.0787. The van der Waals surface area contributed by atoms with Gasteiger partial charge >= 0.3 is 0 Å². The van der Waals surface area contributed by atoms with Crippen molar-refractivity contribution in [1.29, 1.82) is 0 Å². The number of nitrogens with two attached hydrogens (primary N) is 1. The van der Waals surface area contributed by atoms with Crippen LogP contribution in [0.2, 0.25) is 0 Å². The number of likely N-dealkylation sites (N-methyl/N-ethyl adjacent to an activating group) is 1. The molecule has 1 aromatic carbocycles. The fourth-order valence-corrected chi connectivity index (χ4v) is 2.86. The minimum Gasteiger partial charge on any atom is -0.496 e. The summed E-state index contributed by atoms with van der Waals surface area (Å²) in [5, 5.41) is 0. The topological polar surface area (TPSA) is 59.8 Å². The predicted octanol–water partition coefficient (Wildman–Crippen LogP) is 1.10. The molecule has 1 heterocycles. The second kappa shape index (κ2) is 7.75. The normalized spacial score (nSPS) is 21.2. The third kappa shape index (κ3) is 4.17. The van der Waals surface area contributed by atoms with Crippen LogP contribution in [0.5, 0.6) is 5.75 Å². The van der Waals surface area contributed by atoms with Crippen LogP contribution in [0.1, 0.15) is 18.1 Å². The van der Waals surface area contributed by atoms with E-state index in [1.165, 1.54) is 5.56 Å². The Bertz CT molecular complexity index is 453. The predicted molar refractivity (Wildman–Crippen MR) is 84.4 cm³/mol. The van der Waals surface area contributed by atoms with Gasteiger partial charge in [-0.3, -0.25) is 16.2 Å². The molecule has 0 amide bonds. The van der Waals surface area contributed by atoms with Gasteiger partial charge in [-0.15, -0.1) is 0 Å². The van der Waals surface area contributed by atoms with Crippen LogP contribution >= 0.6 is 0 Å². The quantitative estimate of drug-likeness (QED) is 0.607. The molecule has 0 radical (unpaired) electrons. The van der Waals surface area contributed by atoms with Crippen molar-refractivity contribution in [3.05, 3.63) is 29.3 Å². The minimum absolute atomic E-state index is 0.0787. The first kappa shape index (κ1) is 16.2. The van der Waals surface area contributed by atoms with Crippen LogP contribution in [0.3, 0.4) is 0 Å². The smallest absolute Gasteiger partial charge is 0.122 e. The van der Waals surface area contributed by atoms with Gasteiger partial charge in [0.05, 0.1) is 25.9 Å². The van der Waals surface area contributed by atoms with E-state index in [1.54, 1.807) is 7.11 Å². The van der Waals surface area contributed by atoms with Gasteiger partial charge in [-0.2, -0.15) is 0 Å². The summed E-state index contributed by atoms with van der Waals surface area (Å²) in [6.07, 6.45) is 0.901. The number of benzene rings is 1. The van der Waals surface area contributed by atoms with Crippen molar-refractivity contribution in [2.75, 3.05) is 33.4 Å². The Morgan fingerprint density at radius 3 is 3.00 bits per heavy atom. The van der Waals surface area contributed by atoms with E-state index in [4.69, 9.17) is 15.3 Å². The molecule has 1 saturated heterocycles. The third-order valence-electron chi connectivity index (χ3n) is 4.16. The molecule has 1 aliphatic heterocycles. The molecule has 21 heavy (non-hydrogen) atoms. The standard InChI is InChI=1S/C16H27N3O2/c1-4-19-7-8-21-16(11-19)14(18-17)10-13-9-12(2)5-6-15(13)20-3/h5-6,9,14,16,18H,4,7-8,10-11,17H2,1-3H3. The maximum absolute atomic E-state index is 5.91. The van der Waals surface area contributed by atoms with Gasteiger partial charge in [-0.25, -0.2) is 0 Å². The Labute approximate surface area is 127 Å². The van der Waals surface area contributed by atoms with Crippen molar-refractivity contribution in [3.8, 4) is 5.75 Å². The average Bonchev–Trinajstić information content (AvgIpc) is 2.52. The van der Waals surface area contributed by atoms with Crippen LogP contribution in [0.4, 0.5) is 0 Å². The van der Waals surface area contributed by atoms with Crippen LogP contribution < -0.4 is 16.0 Å². The fourth-order valence-electron chi connectivity index (χ4n) is 2.86. The SMILES string of the molecule is CCN1CCOC(C(Cc2cc(C)ccc2OC)NN)C1. The highest BCUT2D eigenvalue weighted by Crippen LogP contribution is 2.23. The van der Waals surface area contributed by atoms with Crippen molar-refractivity contribution in [2.45, 2.75) is 32.4 Å². The van der Waals surface area contributed by atoms with Gasteiger partial charge in [0, 0.05) is 13.1 Å². The zero-order valence-electron chi connectivity index (χ0n) is 13.3. The second-order valence-electron chi connectivity index (χ2n) is 5.60. The lowest BCUT2D eigenvalue weighted by Crippen LogP contribution is -2.54. The van der Waals surface area contributed by atoms with Gasteiger partial charge in [0.15, 0.2) is 0 Å². The van der Waals surface area contributed by atoms with Crippen LogP contribution in [0.25, 0.3) is 0 Å². The summed E-state index contributed by atoms with van der Waals surface area (Å²) in [6, 6.07) is 6.31. The molecule has 2 rings (SSSR count). The van der Waals surface area contributed by atoms with Crippen molar-refractivity contribution >= 4 is 0 Å². The first-order valence-corrected chi connectivity index (χ1v) is 7.61. The summed E-state index contributed by atoms with van der Waals surface area (Å²) in [7, 11) is 1.70. The highest BCUT2D eigenvalue weighted by molar-refractivity contribution is 5.37. The van der Waals surface area contributed by atoms with E-state index >= 15 is 0 Å². The van der Waals surface area contributed by atoms with Gasteiger partial charge in [0.25, 0.3) is 0 Å². The average molecular weight is 293 g/mol. The zero-order chi connectivity index (χ0) is 15.2. The number of rotatable bonds is 6. The molecular weight excluding hydrogens is 266 g/mol. The van der Waals surface area contributed by atoms with E-state index in [1.807, 2.05) is 6.07 Å². The molecule has 1 fully saturated rings. The fraction of sp³-hybridized carbons (Fsp3) is 0.625. The summed E-state index contributed by atoms with van der Waals surface area (Å²) in [5.41, 5.74) is 5.32. The highest BCUT2D eigenvalue weighted by atomic mass is 16.5. The van der Waals surface area contributed by atoms with Gasteiger partial charge in [0.2, 0.25) is 0 Å². The first-order chi connectivity index (χ1) is 10.2. The van der Waals surface area contributed by atoms with Crippen LogP contribution in [-0.2, 0) is 11.2 Å². The Hall–Kier alpha value is -1.14. The highest BCUT2D eigenvalue weighted by Gasteiger charge is 2.27. The zero-order valence-corrected chi connectivity index (χ0v) is 13.3. The number of morpholine rings is 1. The lowest BCUT2D eigenvalue weighted by atomic mass is 9.98. The number of nitrogens with zero attached hydrogens (tertiary/aromatic N) is 1. The molecule has 3 N–H and O–H groups in total. The molecule has 0 spiro atoms. The molecule has 0 bridgehead atoms. The van der Waals surface area contributed by atoms with Crippen LogP contribution in [-0.4, -0.2) is 50.4 Å². The summed E-state index contributed by atoms with van der Waals surface area (Å²) in [5.74, 6) is 6.69. The second-order valence-corrected chi connectivity index (χ2v) is 5.60. The molecule has 1 aromatic rings. The summed E-state index contributed by atoms with van der Waals surface area (Å²) >= 11 is 0. The lowest BCUT2D eigenvalue weighted by Gasteiger charge is -2.36. The Morgan fingerprint density at radius 2 is 2.33 bits per heavy atom. The Kier molecular flexibility index (Phi) is 5.99. The largest absolute Gasteiger partial charge is 0.496 e. The molecule has 0 saturated carbocycles. The first-order valence-electron chi connectivity index (χ1n) is 7.61. The van der Waals surface area contributed by atoms with Gasteiger partial charge in [-0.1, -0.05) is 24.6 Å². The van der Waals surface area contributed by atoms with E-state index in [9.17, 15) is 0 Å². The summed E-state index contributed by atoms with van der Waals surface area (Å²) in [4.78, 5) is 2.39. The van der Waals surface area contributed by atoms with E-state index in [0.717, 1.165) is 44.0 Å². The number of hydrogen-bond acceptors (Lipinski definition) is 5. The van der Waals surface area contributed by atoms with Crippen molar-refractivity contribution in [2.24, 2.45) is 5.84 Å². The number of aryl methyl sites for hydroxylation is 1. The molecular formula is C16H27N3O2. The molecule has 118 valence electrons. The molecule has 0 aromatic heterocycles. The van der Waals surface area contributed by atoms with Crippen LogP contribution in [0.15, 0.2) is 18.2 Å². The van der Waals surface area contributed by atoms with E-state index in [0.29, 0.717) is 0 Å². The van der Waals surface area contributed by atoms with Crippen LogP contribution in [0, 0.1) is 6.92 Å². The number of nitrogens with one attached hydrogen (secondary N) is 1. The monoisotopic (exact) mass is 293 g/mol. The molecule has 5 nitrogen and oxygen atoms in total. The van der Waals surface area contributed by atoms with E-state index in [2.05, 4.69) is 36.3 Å². The van der Waals surface area contributed by atoms with E-state index in [-0.39, 0.29) is 12.1 Å². The van der Waals surface area contributed by atoms with Gasteiger partial charge in [0.1, 0.15) is 5.75 Å². The number of hydrogen-bond donors (Lipinski definition) is 2. The lowest BCUT2D eigenvalue weighted by molar-refractivity contribution is -0.0448. The van der Waals surface area contributed by atoms with Crippen molar-refractivity contribution < 1.29 is 9.47 Å². The molecule has 2 unspecified atom stereocenters. The molecule has 5 heteroatoms. The summed E-state index contributed by atoms with van der Waals surface area (Å²) in [6.45, 7) is 7.99. The maximum atomic E-state index is 5.91. The Balaban J connectivity index is 2.09. The van der Waals surface area contributed by atoms with Crippen molar-refractivity contribution in [3.63, 3.8) is 0 Å². The summed E-state index contributed by atoms with van der Waals surface area (Å²) < 4.78 is 11.4. The third-order valence-corrected chi connectivity index (χ3v) is 4.16. The molecule has 1 aliphatic rings. The van der Waals surface area contributed by atoms with Gasteiger partial charge < -0.3 is 9.47 Å². The maximum Gasteiger partial charge on any atom is 0.122 e. The molecule has 2 atom stereocenters. The number of hydrazine groups is 1. The van der Waals surface area contributed by atoms with E-state index < -0.39 is 0 Å². The Morgan fingerprint density at radius 1 is 1.52 bits per heavy atom. The molecule has 0 aliphatic carbocycles.